The van der Waals surface area contributed by atoms with Gasteiger partial charge in [0.15, 0.2) is 0 Å². The van der Waals surface area contributed by atoms with Crippen LogP contribution >= 0.6 is 11.3 Å². The van der Waals surface area contributed by atoms with Gasteiger partial charge in [-0.1, -0.05) is 36.4 Å². The number of para-hydroxylation sites is 1. The maximum Gasteiger partial charge on any atom is 0.266 e. The van der Waals surface area contributed by atoms with E-state index >= 15 is 0 Å². The summed E-state index contributed by atoms with van der Waals surface area (Å²) in [7, 11) is 0. The van der Waals surface area contributed by atoms with E-state index in [-0.39, 0.29) is 11.9 Å². The van der Waals surface area contributed by atoms with Crippen molar-refractivity contribution in [3.8, 4) is 0 Å². The number of fused-ring (bicyclic) bond motifs is 1. The van der Waals surface area contributed by atoms with E-state index in [0.717, 1.165) is 69.9 Å². The van der Waals surface area contributed by atoms with Crippen LogP contribution in [0.2, 0.25) is 0 Å². The average molecular weight is 458 g/mol. The molecule has 1 amide bonds. The fourth-order valence-corrected chi connectivity index (χ4v) is 5.10. The molecule has 2 aromatic heterocycles. The van der Waals surface area contributed by atoms with Crippen LogP contribution in [0, 0.1) is 6.92 Å². The number of rotatable bonds is 6. The number of nitrogens with two attached hydrogens (primary N) is 1. The molecule has 2 aromatic carbocycles. The Hall–Kier alpha value is -3.26. The number of carbonyl (C=O) groups is 1. The monoisotopic (exact) mass is 457 g/mol. The summed E-state index contributed by atoms with van der Waals surface area (Å²) in [6, 6.07) is 16.5. The van der Waals surface area contributed by atoms with Crippen molar-refractivity contribution < 1.29 is 4.79 Å². The molecule has 1 aliphatic rings. The van der Waals surface area contributed by atoms with E-state index in [0.29, 0.717) is 0 Å². The van der Waals surface area contributed by atoms with Crippen molar-refractivity contribution in [2.45, 2.75) is 25.9 Å². The zero-order chi connectivity index (χ0) is 22.8. The lowest BCUT2D eigenvalue weighted by atomic mass is 10.1. The Bertz CT molecular complexity index is 1320. The zero-order valence-corrected chi connectivity index (χ0v) is 19.4. The second-order valence-corrected chi connectivity index (χ2v) is 9.50. The number of hydrogen-bond donors (Lipinski definition) is 3. The molecule has 168 valence electrons. The lowest BCUT2D eigenvalue weighted by Crippen LogP contribution is -2.26. The molecule has 6 nitrogen and oxygen atoms in total. The SMILES string of the molecule is Cc1ccsc1C(=O)Nc1cc(CN2CCC(N)C2)ccc1/C=C/c1n[nH]c2ccccc12. The molecule has 0 spiro atoms. The third-order valence-electron chi connectivity index (χ3n) is 6.07. The summed E-state index contributed by atoms with van der Waals surface area (Å²) in [6.07, 6.45) is 5.02. The maximum atomic E-state index is 13.0. The van der Waals surface area contributed by atoms with Gasteiger partial charge in [-0.05, 0) is 59.7 Å². The molecule has 0 radical (unpaired) electrons. The van der Waals surface area contributed by atoms with Crippen LogP contribution in [-0.2, 0) is 6.54 Å². The van der Waals surface area contributed by atoms with Crippen LogP contribution in [0.1, 0.15) is 38.5 Å². The number of benzene rings is 2. The molecular formula is C26H27N5OS. The van der Waals surface area contributed by atoms with Crippen molar-refractivity contribution in [3.05, 3.63) is 81.2 Å². The lowest BCUT2D eigenvalue weighted by molar-refractivity contribution is 0.103. The molecule has 3 heterocycles. The van der Waals surface area contributed by atoms with Gasteiger partial charge in [0.25, 0.3) is 5.91 Å². The van der Waals surface area contributed by atoms with Gasteiger partial charge in [-0.2, -0.15) is 5.10 Å². The summed E-state index contributed by atoms with van der Waals surface area (Å²) in [5, 5.41) is 13.6. The number of aryl methyl sites for hydroxylation is 1. The molecular weight excluding hydrogens is 430 g/mol. The molecule has 1 saturated heterocycles. The molecule has 0 bridgehead atoms. The molecule has 4 aromatic rings. The number of aromatic amines is 1. The first-order valence-electron chi connectivity index (χ1n) is 11.1. The van der Waals surface area contributed by atoms with E-state index in [1.54, 1.807) is 0 Å². The van der Waals surface area contributed by atoms with Gasteiger partial charge in [0, 0.05) is 36.7 Å². The van der Waals surface area contributed by atoms with E-state index in [1.807, 2.05) is 54.8 Å². The van der Waals surface area contributed by atoms with Crippen molar-refractivity contribution in [1.82, 2.24) is 15.1 Å². The van der Waals surface area contributed by atoms with Gasteiger partial charge in [-0.15, -0.1) is 11.3 Å². The van der Waals surface area contributed by atoms with Gasteiger partial charge in [-0.25, -0.2) is 0 Å². The topological polar surface area (TPSA) is 87.0 Å². The number of H-pyrrole nitrogens is 1. The summed E-state index contributed by atoms with van der Waals surface area (Å²) >= 11 is 1.46. The summed E-state index contributed by atoms with van der Waals surface area (Å²) in [6.45, 7) is 4.69. The highest BCUT2D eigenvalue weighted by Crippen LogP contribution is 2.26. The summed E-state index contributed by atoms with van der Waals surface area (Å²) < 4.78 is 0. The highest BCUT2D eigenvalue weighted by atomic mass is 32.1. The minimum atomic E-state index is -0.0808. The van der Waals surface area contributed by atoms with Gasteiger partial charge in [0.1, 0.15) is 0 Å². The molecule has 1 fully saturated rings. The van der Waals surface area contributed by atoms with Crippen molar-refractivity contribution in [1.29, 1.82) is 0 Å². The van der Waals surface area contributed by atoms with E-state index < -0.39 is 0 Å². The quantitative estimate of drug-likeness (QED) is 0.385. The minimum absolute atomic E-state index is 0.0808. The molecule has 1 atom stereocenters. The highest BCUT2D eigenvalue weighted by molar-refractivity contribution is 7.12. The Morgan fingerprint density at radius 3 is 2.94 bits per heavy atom. The Balaban J connectivity index is 1.45. The molecule has 1 aliphatic heterocycles. The second-order valence-electron chi connectivity index (χ2n) is 8.58. The van der Waals surface area contributed by atoms with Gasteiger partial charge in [0.2, 0.25) is 0 Å². The number of anilines is 1. The number of carbonyl (C=O) groups excluding carboxylic acids is 1. The van der Waals surface area contributed by atoms with Gasteiger partial charge < -0.3 is 11.1 Å². The number of aromatic nitrogens is 2. The van der Waals surface area contributed by atoms with Crippen molar-refractivity contribution in [2.24, 2.45) is 5.73 Å². The van der Waals surface area contributed by atoms with E-state index in [1.165, 1.54) is 11.3 Å². The number of likely N-dealkylation sites (tertiary alicyclic amines) is 1. The largest absolute Gasteiger partial charge is 0.326 e. The Kier molecular flexibility index (Phi) is 6.09. The number of amides is 1. The van der Waals surface area contributed by atoms with Gasteiger partial charge in [0.05, 0.1) is 16.1 Å². The van der Waals surface area contributed by atoms with Crippen LogP contribution in [0.3, 0.4) is 0 Å². The lowest BCUT2D eigenvalue weighted by Gasteiger charge is -2.17. The van der Waals surface area contributed by atoms with Crippen molar-refractivity contribution >= 4 is 46.0 Å². The molecule has 0 saturated carbocycles. The fourth-order valence-electron chi connectivity index (χ4n) is 4.28. The molecule has 4 N–H and O–H groups in total. The molecule has 7 heteroatoms. The predicted molar refractivity (Wildman–Crippen MR) is 136 cm³/mol. The normalized spacial score (nSPS) is 16.7. The molecule has 0 aliphatic carbocycles. The van der Waals surface area contributed by atoms with Gasteiger partial charge >= 0.3 is 0 Å². The van der Waals surface area contributed by atoms with Crippen molar-refractivity contribution in [3.63, 3.8) is 0 Å². The van der Waals surface area contributed by atoms with Crippen LogP contribution in [-0.4, -0.2) is 40.1 Å². The van der Waals surface area contributed by atoms with Crippen LogP contribution < -0.4 is 11.1 Å². The maximum absolute atomic E-state index is 13.0. The second kappa shape index (κ2) is 9.31. The summed E-state index contributed by atoms with van der Waals surface area (Å²) in [4.78, 5) is 16.1. The first kappa shape index (κ1) is 21.6. The van der Waals surface area contributed by atoms with E-state index in [4.69, 9.17) is 5.73 Å². The van der Waals surface area contributed by atoms with Gasteiger partial charge in [-0.3, -0.25) is 14.8 Å². The number of thiophene rings is 1. The third kappa shape index (κ3) is 4.75. The predicted octanol–water partition coefficient (Wildman–Crippen LogP) is 4.89. The number of nitrogens with one attached hydrogen (secondary N) is 2. The van der Waals surface area contributed by atoms with Crippen LogP contribution in [0.25, 0.3) is 23.1 Å². The Labute approximate surface area is 197 Å². The molecule has 33 heavy (non-hydrogen) atoms. The highest BCUT2D eigenvalue weighted by Gasteiger charge is 2.19. The number of nitrogens with zero attached hydrogens (tertiary/aromatic N) is 2. The van der Waals surface area contributed by atoms with E-state index in [2.05, 4.69) is 38.6 Å². The first-order chi connectivity index (χ1) is 16.1. The fraction of sp³-hybridized carbons (Fsp3) is 0.231. The Morgan fingerprint density at radius 2 is 2.15 bits per heavy atom. The number of hydrogen-bond acceptors (Lipinski definition) is 5. The first-order valence-corrected chi connectivity index (χ1v) is 12.0. The summed E-state index contributed by atoms with van der Waals surface area (Å²) in [5.74, 6) is -0.0808. The van der Waals surface area contributed by atoms with E-state index in [9.17, 15) is 4.79 Å². The smallest absolute Gasteiger partial charge is 0.266 e. The molecule has 1 unspecified atom stereocenters. The van der Waals surface area contributed by atoms with Crippen LogP contribution in [0.5, 0.6) is 0 Å². The van der Waals surface area contributed by atoms with Crippen molar-refractivity contribution in [2.75, 3.05) is 18.4 Å². The minimum Gasteiger partial charge on any atom is -0.326 e. The average Bonchev–Trinajstić information content (AvgIpc) is 3.53. The Morgan fingerprint density at radius 1 is 1.27 bits per heavy atom. The van der Waals surface area contributed by atoms with Crippen LogP contribution in [0.15, 0.2) is 53.9 Å². The summed E-state index contributed by atoms with van der Waals surface area (Å²) in [5.41, 5.74) is 11.8. The third-order valence-corrected chi connectivity index (χ3v) is 7.09. The standard InChI is InChI=1S/C26H27N5OS/c1-17-11-13-33-25(17)26(32)28-24-14-18(15-31-12-10-20(27)16-31)6-7-19(24)8-9-23-21-4-2-3-5-22(21)29-30-23/h2-9,11,13-14,20H,10,12,15-16,27H2,1H3,(H,28,32)(H,29,30)/b9-8+. The molecule has 5 rings (SSSR count). The van der Waals surface area contributed by atoms with Crippen LogP contribution in [0.4, 0.5) is 5.69 Å². The zero-order valence-electron chi connectivity index (χ0n) is 18.5.